The molecule has 0 bridgehead atoms. The molecule has 0 saturated heterocycles. The Morgan fingerprint density at radius 1 is 1.15 bits per heavy atom. The highest BCUT2D eigenvalue weighted by molar-refractivity contribution is 7.98. The molecular weight excluding hydrogens is 264 g/mol. The van der Waals surface area contributed by atoms with E-state index in [-0.39, 0.29) is 6.04 Å². The lowest BCUT2D eigenvalue weighted by atomic mass is 9.99. The van der Waals surface area contributed by atoms with Gasteiger partial charge in [-0.05, 0) is 55.0 Å². The molecule has 20 heavy (non-hydrogen) atoms. The fourth-order valence-electron chi connectivity index (χ4n) is 2.25. The second kappa shape index (κ2) is 7.46. The number of pyridine rings is 1. The number of hydrogen-bond donors (Lipinski definition) is 1. The largest absolute Gasteiger partial charge is 0.306 e. The van der Waals surface area contributed by atoms with Crippen LogP contribution in [0, 0.1) is 6.92 Å². The van der Waals surface area contributed by atoms with Crippen molar-refractivity contribution >= 4 is 11.8 Å². The van der Waals surface area contributed by atoms with Crippen molar-refractivity contribution in [1.82, 2.24) is 10.3 Å². The lowest BCUT2D eigenvalue weighted by Crippen LogP contribution is -2.23. The lowest BCUT2D eigenvalue weighted by molar-refractivity contribution is 0.596. The van der Waals surface area contributed by atoms with Crippen LogP contribution >= 0.6 is 11.8 Å². The fraction of sp³-hybridized carbons (Fsp3) is 0.353. The van der Waals surface area contributed by atoms with Crippen molar-refractivity contribution in [2.24, 2.45) is 0 Å². The first-order chi connectivity index (χ1) is 9.74. The van der Waals surface area contributed by atoms with Gasteiger partial charge in [-0.1, -0.05) is 25.1 Å². The maximum Gasteiger partial charge on any atom is 0.0592 e. The maximum absolute atomic E-state index is 4.33. The van der Waals surface area contributed by atoms with Crippen LogP contribution in [-0.4, -0.2) is 17.8 Å². The first kappa shape index (κ1) is 15.1. The van der Waals surface area contributed by atoms with E-state index in [0.717, 1.165) is 13.0 Å². The quantitative estimate of drug-likeness (QED) is 0.806. The molecule has 0 aliphatic heterocycles. The van der Waals surface area contributed by atoms with E-state index in [0.29, 0.717) is 0 Å². The predicted octanol–water partition coefficient (Wildman–Crippen LogP) is 4.20. The smallest absolute Gasteiger partial charge is 0.0592 e. The predicted molar refractivity (Wildman–Crippen MR) is 87.3 cm³/mol. The number of hydrogen-bond acceptors (Lipinski definition) is 3. The summed E-state index contributed by atoms with van der Waals surface area (Å²) in [5.74, 6) is 0. The molecule has 2 nitrogen and oxygen atoms in total. The van der Waals surface area contributed by atoms with Crippen LogP contribution in [0.1, 0.15) is 36.1 Å². The SMILES string of the molecule is CCCNC(c1ccc(SC)cc1)c1cncc(C)c1. The van der Waals surface area contributed by atoms with Crippen LogP contribution in [0.15, 0.2) is 47.6 Å². The minimum absolute atomic E-state index is 0.221. The van der Waals surface area contributed by atoms with Gasteiger partial charge in [0.05, 0.1) is 6.04 Å². The zero-order valence-corrected chi connectivity index (χ0v) is 13.2. The van der Waals surface area contributed by atoms with Gasteiger partial charge in [0, 0.05) is 17.3 Å². The van der Waals surface area contributed by atoms with Crippen LogP contribution in [0.25, 0.3) is 0 Å². The molecule has 1 aromatic carbocycles. The topological polar surface area (TPSA) is 24.9 Å². The number of rotatable bonds is 6. The Morgan fingerprint density at radius 3 is 2.50 bits per heavy atom. The molecule has 2 aromatic rings. The van der Waals surface area contributed by atoms with E-state index in [4.69, 9.17) is 0 Å². The minimum atomic E-state index is 0.221. The molecule has 1 unspecified atom stereocenters. The maximum atomic E-state index is 4.33. The van der Waals surface area contributed by atoms with Gasteiger partial charge in [0.15, 0.2) is 0 Å². The van der Waals surface area contributed by atoms with Gasteiger partial charge in [0.25, 0.3) is 0 Å². The van der Waals surface area contributed by atoms with Gasteiger partial charge in [0.2, 0.25) is 0 Å². The lowest BCUT2D eigenvalue weighted by Gasteiger charge is -2.20. The van der Waals surface area contributed by atoms with Crippen molar-refractivity contribution in [1.29, 1.82) is 0 Å². The molecule has 1 aromatic heterocycles. The number of thioether (sulfide) groups is 1. The van der Waals surface area contributed by atoms with E-state index in [1.54, 1.807) is 11.8 Å². The van der Waals surface area contributed by atoms with Crippen molar-refractivity contribution in [3.05, 3.63) is 59.4 Å². The Morgan fingerprint density at radius 2 is 1.90 bits per heavy atom. The average Bonchev–Trinajstić information content (AvgIpc) is 2.48. The van der Waals surface area contributed by atoms with E-state index in [1.807, 2.05) is 12.4 Å². The highest BCUT2D eigenvalue weighted by atomic mass is 32.2. The van der Waals surface area contributed by atoms with E-state index in [9.17, 15) is 0 Å². The molecule has 0 saturated carbocycles. The Labute approximate surface area is 126 Å². The highest BCUT2D eigenvalue weighted by Crippen LogP contribution is 2.24. The van der Waals surface area contributed by atoms with Crippen molar-refractivity contribution in [2.75, 3.05) is 12.8 Å². The van der Waals surface area contributed by atoms with E-state index >= 15 is 0 Å². The van der Waals surface area contributed by atoms with Crippen LogP contribution in [0.5, 0.6) is 0 Å². The van der Waals surface area contributed by atoms with Crippen LogP contribution in [0.2, 0.25) is 0 Å². The third kappa shape index (κ3) is 3.84. The molecule has 1 N–H and O–H groups in total. The molecule has 106 valence electrons. The van der Waals surface area contributed by atoms with E-state index in [2.05, 4.69) is 60.7 Å². The zero-order valence-electron chi connectivity index (χ0n) is 12.4. The average molecular weight is 286 g/mol. The second-order valence-electron chi connectivity index (χ2n) is 4.96. The Balaban J connectivity index is 2.30. The summed E-state index contributed by atoms with van der Waals surface area (Å²) in [7, 11) is 0. The third-order valence-corrected chi connectivity index (χ3v) is 4.02. The molecule has 0 radical (unpaired) electrons. The highest BCUT2D eigenvalue weighted by Gasteiger charge is 2.13. The van der Waals surface area contributed by atoms with Gasteiger partial charge in [0.1, 0.15) is 0 Å². The van der Waals surface area contributed by atoms with Gasteiger partial charge in [-0.3, -0.25) is 4.98 Å². The summed E-state index contributed by atoms with van der Waals surface area (Å²) in [5.41, 5.74) is 3.73. The van der Waals surface area contributed by atoms with Crippen molar-refractivity contribution in [3.8, 4) is 0 Å². The second-order valence-corrected chi connectivity index (χ2v) is 5.84. The molecule has 0 amide bonds. The first-order valence-electron chi connectivity index (χ1n) is 7.03. The first-order valence-corrected chi connectivity index (χ1v) is 8.26. The van der Waals surface area contributed by atoms with Gasteiger partial charge in [-0.15, -0.1) is 11.8 Å². The molecule has 1 heterocycles. The summed E-state index contributed by atoms with van der Waals surface area (Å²) in [6, 6.07) is 11.2. The van der Waals surface area contributed by atoms with Gasteiger partial charge in [-0.2, -0.15) is 0 Å². The third-order valence-electron chi connectivity index (χ3n) is 3.28. The molecule has 3 heteroatoms. The van der Waals surface area contributed by atoms with Gasteiger partial charge >= 0.3 is 0 Å². The Hall–Kier alpha value is -1.32. The standard InChI is InChI=1S/C17H22N2S/c1-4-9-19-17(15-10-13(2)11-18-12-15)14-5-7-16(20-3)8-6-14/h5-8,10-12,17,19H,4,9H2,1-3H3. The number of aryl methyl sites for hydroxylation is 1. The monoisotopic (exact) mass is 286 g/mol. The van der Waals surface area contributed by atoms with Crippen LogP contribution in [0.3, 0.4) is 0 Å². The van der Waals surface area contributed by atoms with Crippen molar-refractivity contribution < 1.29 is 0 Å². The summed E-state index contributed by atoms with van der Waals surface area (Å²) in [5, 5.41) is 3.62. The van der Waals surface area contributed by atoms with Crippen LogP contribution in [-0.2, 0) is 0 Å². The van der Waals surface area contributed by atoms with E-state index < -0.39 is 0 Å². The molecule has 0 spiro atoms. The normalized spacial score (nSPS) is 12.3. The van der Waals surface area contributed by atoms with Gasteiger partial charge < -0.3 is 5.32 Å². The van der Waals surface area contributed by atoms with Crippen LogP contribution < -0.4 is 5.32 Å². The number of nitrogens with one attached hydrogen (secondary N) is 1. The van der Waals surface area contributed by atoms with Crippen LogP contribution in [0.4, 0.5) is 0 Å². The fourth-order valence-corrected chi connectivity index (χ4v) is 2.66. The summed E-state index contributed by atoms with van der Waals surface area (Å²) in [4.78, 5) is 5.62. The molecule has 0 aliphatic carbocycles. The minimum Gasteiger partial charge on any atom is -0.306 e. The van der Waals surface area contributed by atoms with E-state index in [1.165, 1.54) is 21.6 Å². The molecule has 2 rings (SSSR count). The number of nitrogens with zero attached hydrogens (tertiary/aromatic N) is 1. The molecular formula is C17H22N2S. The van der Waals surface area contributed by atoms with Crippen molar-refractivity contribution in [3.63, 3.8) is 0 Å². The molecule has 0 aliphatic rings. The van der Waals surface area contributed by atoms with Gasteiger partial charge in [-0.25, -0.2) is 0 Å². The zero-order chi connectivity index (χ0) is 14.4. The molecule has 0 fully saturated rings. The molecule has 1 atom stereocenters. The Bertz CT molecular complexity index is 537. The summed E-state index contributed by atoms with van der Waals surface area (Å²) >= 11 is 1.77. The Kier molecular flexibility index (Phi) is 5.62. The van der Waals surface area contributed by atoms with Crippen molar-refractivity contribution in [2.45, 2.75) is 31.2 Å². The number of aromatic nitrogens is 1. The summed E-state index contributed by atoms with van der Waals surface area (Å²) in [6.07, 6.45) is 7.09. The summed E-state index contributed by atoms with van der Waals surface area (Å²) in [6.45, 7) is 5.28. The summed E-state index contributed by atoms with van der Waals surface area (Å²) < 4.78 is 0. The number of benzene rings is 1.